The minimum Gasteiger partial charge on any atom is -0.371 e. The minimum absolute atomic E-state index is 0.0240. The van der Waals surface area contributed by atoms with Gasteiger partial charge in [-0.2, -0.15) is 0 Å². The number of hydrogen-bond donors (Lipinski definition) is 0. The zero-order chi connectivity index (χ0) is 21.3. The van der Waals surface area contributed by atoms with Crippen LogP contribution in [0.4, 0.5) is 5.69 Å². The molecule has 2 heterocycles. The maximum Gasteiger partial charge on any atom is 0.258 e. The van der Waals surface area contributed by atoms with Crippen LogP contribution in [0.15, 0.2) is 53.3 Å². The molecule has 0 atom stereocenters. The molecule has 0 aliphatic carbocycles. The smallest absolute Gasteiger partial charge is 0.258 e. The predicted octanol–water partition coefficient (Wildman–Crippen LogP) is 4.93. The van der Waals surface area contributed by atoms with Crippen LogP contribution in [0.5, 0.6) is 0 Å². The first-order chi connectivity index (χ1) is 14.4. The molecule has 0 saturated carbocycles. The van der Waals surface area contributed by atoms with Crippen LogP contribution >= 0.6 is 0 Å². The summed E-state index contributed by atoms with van der Waals surface area (Å²) >= 11 is 0. The maximum atomic E-state index is 12.5. The Balaban J connectivity index is 1.47. The quantitative estimate of drug-likeness (QED) is 0.622. The highest BCUT2D eigenvalue weighted by atomic mass is 16.1. The van der Waals surface area contributed by atoms with E-state index in [0.29, 0.717) is 0 Å². The Morgan fingerprint density at radius 3 is 2.40 bits per heavy atom. The van der Waals surface area contributed by atoms with Crippen molar-refractivity contribution >= 4 is 5.69 Å². The van der Waals surface area contributed by atoms with Crippen LogP contribution in [0.25, 0.3) is 5.69 Å². The fourth-order valence-electron chi connectivity index (χ4n) is 4.74. The second kappa shape index (κ2) is 8.47. The molecular formula is C26H31N3O. The monoisotopic (exact) mass is 401 g/mol. The molecule has 0 spiro atoms. The van der Waals surface area contributed by atoms with E-state index >= 15 is 0 Å². The van der Waals surface area contributed by atoms with Crippen molar-refractivity contribution in [3.63, 3.8) is 0 Å². The zero-order valence-electron chi connectivity index (χ0n) is 18.5. The molecule has 0 amide bonds. The van der Waals surface area contributed by atoms with Gasteiger partial charge in [0.05, 0.1) is 5.69 Å². The summed E-state index contributed by atoms with van der Waals surface area (Å²) < 4.78 is 1.69. The molecule has 1 aromatic heterocycles. The van der Waals surface area contributed by atoms with Gasteiger partial charge < -0.3 is 4.90 Å². The lowest BCUT2D eigenvalue weighted by Crippen LogP contribution is -2.34. The topological polar surface area (TPSA) is 38.1 Å². The van der Waals surface area contributed by atoms with Crippen molar-refractivity contribution < 1.29 is 0 Å². The molecule has 4 rings (SSSR count). The summed E-state index contributed by atoms with van der Waals surface area (Å²) in [6.45, 7) is 10.2. The first-order valence-corrected chi connectivity index (χ1v) is 10.9. The first-order valence-electron chi connectivity index (χ1n) is 10.9. The van der Waals surface area contributed by atoms with Gasteiger partial charge in [-0.3, -0.25) is 9.36 Å². The highest BCUT2D eigenvalue weighted by Gasteiger charge is 2.21. The van der Waals surface area contributed by atoms with Crippen molar-refractivity contribution in [3.05, 3.63) is 87.1 Å². The lowest BCUT2D eigenvalue weighted by atomic mass is 9.89. The van der Waals surface area contributed by atoms with Gasteiger partial charge in [-0.1, -0.05) is 29.8 Å². The normalized spacial score (nSPS) is 14.9. The molecule has 0 bridgehead atoms. The number of aryl methyl sites for hydroxylation is 4. The average Bonchev–Trinajstić information content (AvgIpc) is 2.68. The molecule has 0 N–H and O–H groups in total. The average molecular weight is 402 g/mol. The molecule has 30 heavy (non-hydrogen) atoms. The Bertz CT molecular complexity index is 1110. The number of rotatable bonds is 4. The van der Waals surface area contributed by atoms with E-state index in [-0.39, 0.29) is 5.56 Å². The summed E-state index contributed by atoms with van der Waals surface area (Å²) in [5.41, 5.74) is 6.91. The van der Waals surface area contributed by atoms with Crippen LogP contribution < -0.4 is 10.5 Å². The number of hydrogen-bond acceptors (Lipinski definition) is 3. The highest BCUT2D eigenvalue weighted by Crippen LogP contribution is 2.29. The summed E-state index contributed by atoms with van der Waals surface area (Å²) in [6, 6.07) is 16.8. The third kappa shape index (κ3) is 4.33. The Morgan fingerprint density at radius 1 is 0.967 bits per heavy atom. The highest BCUT2D eigenvalue weighted by molar-refractivity contribution is 5.57. The first kappa shape index (κ1) is 20.4. The molecule has 3 aromatic rings. The number of benzene rings is 2. The van der Waals surface area contributed by atoms with E-state index in [1.165, 1.54) is 41.6 Å². The van der Waals surface area contributed by atoms with Gasteiger partial charge in [0.1, 0.15) is 5.82 Å². The van der Waals surface area contributed by atoms with Gasteiger partial charge in [-0.25, -0.2) is 4.98 Å². The van der Waals surface area contributed by atoms with Gasteiger partial charge in [0.2, 0.25) is 0 Å². The van der Waals surface area contributed by atoms with Crippen LogP contribution in [-0.4, -0.2) is 22.6 Å². The second-order valence-corrected chi connectivity index (χ2v) is 8.71. The molecular weight excluding hydrogens is 370 g/mol. The molecule has 0 unspecified atom stereocenters. The van der Waals surface area contributed by atoms with E-state index in [1.807, 2.05) is 19.9 Å². The second-order valence-electron chi connectivity index (χ2n) is 8.71. The molecule has 156 valence electrons. The van der Waals surface area contributed by atoms with Crippen LogP contribution in [0.3, 0.4) is 0 Å². The standard InChI is InChI=1S/C26H31N3O/c1-18-6-5-7-23(14-18)17-22-10-12-28(13-11-22)25-9-8-24(15-19(25)2)29-21(4)27-20(3)16-26(29)30/h5-9,14-16,22H,10-13,17H2,1-4H3. The third-order valence-corrected chi connectivity index (χ3v) is 6.22. The fraction of sp³-hybridized carbons (Fsp3) is 0.385. The van der Waals surface area contributed by atoms with Crippen molar-refractivity contribution in [1.82, 2.24) is 9.55 Å². The van der Waals surface area contributed by atoms with Crippen LogP contribution in [0.1, 0.15) is 41.1 Å². The van der Waals surface area contributed by atoms with Gasteiger partial charge in [0.15, 0.2) is 0 Å². The summed E-state index contributed by atoms with van der Waals surface area (Å²) in [5.74, 6) is 1.48. The van der Waals surface area contributed by atoms with Crippen molar-refractivity contribution in [2.45, 2.75) is 47.0 Å². The number of aromatic nitrogens is 2. The summed E-state index contributed by atoms with van der Waals surface area (Å²) in [7, 11) is 0. The van der Waals surface area contributed by atoms with Crippen LogP contribution in [0.2, 0.25) is 0 Å². The lowest BCUT2D eigenvalue weighted by molar-refractivity contribution is 0.403. The predicted molar refractivity (Wildman–Crippen MR) is 124 cm³/mol. The summed E-state index contributed by atoms with van der Waals surface area (Å²) in [5, 5.41) is 0. The van der Waals surface area contributed by atoms with Gasteiger partial charge >= 0.3 is 0 Å². The van der Waals surface area contributed by atoms with Gasteiger partial charge in [0, 0.05) is 30.5 Å². The Hall–Kier alpha value is -2.88. The minimum atomic E-state index is -0.0240. The van der Waals surface area contributed by atoms with E-state index in [0.717, 1.165) is 36.2 Å². The number of piperidine rings is 1. The Morgan fingerprint density at radius 2 is 1.73 bits per heavy atom. The molecule has 2 aromatic carbocycles. The largest absolute Gasteiger partial charge is 0.371 e. The summed E-state index contributed by atoms with van der Waals surface area (Å²) in [6.07, 6.45) is 3.61. The van der Waals surface area contributed by atoms with Gasteiger partial charge in [-0.15, -0.1) is 0 Å². The molecule has 0 radical (unpaired) electrons. The van der Waals surface area contributed by atoms with Gasteiger partial charge in [-0.05, 0) is 82.2 Å². The molecule has 1 saturated heterocycles. The SMILES string of the molecule is Cc1cccc(CC2CCN(c3ccc(-n4c(C)nc(C)cc4=O)cc3C)CC2)c1. The molecule has 4 nitrogen and oxygen atoms in total. The molecule has 1 aliphatic heterocycles. The number of anilines is 1. The summed E-state index contributed by atoms with van der Waals surface area (Å²) in [4.78, 5) is 19.4. The zero-order valence-corrected chi connectivity index (χ0v) is 18.5. The van der Waals surface area contributed by atoms with Crippen molar-refractivity contribution in [1.29, 1.82) is 0 Å². The third-order valence-electron chi connectivity index (χ3n) is 6.22. The molecule has 1 aliphatic rings. The Labute approximate surface area is 179 Å². The van der Waals surface area contributed by atoms with E-state index < -0.39 is 0 Å². The van der Waals surface area contributed by atoms with Crippen molar-refractivity contribution in [2.75, 3.05) is 18.0 Å². The molecule has 1 fully saturated rings. The maximum absolute atomic E-state index is 12.5. The number of nitrogens with zero attached hydrogens (tertiary/aromatic N) is 3. The van der Waals surface area contributed by atoms with E-state index in [4.69, 9.17) is 0 Å². The fourth-order valence-corrected chi connectivity index (χ4v) is 4.74. The Kier molecular flexibility index (Phi) is 5.76. The van der Waals surface area contributed by atoms with Crippen molar-refractivity contribution in [3.8, 4) is 5.69 Å². The van der Waals surface area contributed by atoms with Crippen molar-refractivity contribution in [2.24, 2.45) is 5.92 Å². The van der Waals surface area contributed by atoms with Gasteiger partial charge in [0.25, 0.3) is 5.56 Å². The van der Waals surface area contributed by atoms with E-state index in [2.05, 4.69) is 60.1 Å². The van der Waals surface area contributed by atoms with Crippen LogP contribution in [-0.2, 0) is 6.42 Å². The molecule has 4 heteroatoms. The van der Waals surface area contributed by atoms with E-state index in [1.54, 1.807) is 10.6 Å². The van der Waals surface area contributed by atoms with E-state index in [9.17, 15) is 4.79 Å². The van der Waals surface area contributed by atoms with Crippen LogP contribution in [0, 0.1) is 33.6 Å². The lowest BCUT2D eigenvalue weighted by Gasteiger charge is -2.35.